The summed E-state index contributed by atoms with van der Waals surface area (Å²) < 4.78 is 1.03. The monoisotopic (exact) mass is 280 g/mol. The highest BCUT2D eigenvalue weighted by Crippen LogP contribution is 2.34. The fourth-order valence-corrected chi connectivity index (χ4v) is 2.93. The van der Waals surface area contributed by atoms with Gasteiger partial charge in [0.1, 0.15) is 11.9 Å². The van der Waals surface area contributed by atoms with Gasteiger partial charge >= 0.3 is 0 Å². The second kappa shape index (κ2) is 7.44. The minimum absolute atomic E-state index is 0. The van der Waals surface area contributed by atoms with Gasteiger partial charge in [0.25, 0.3) is 0 Å². The Bertz CT molecular complexity index is 305. The van der Waals surface area contributed by atoms with Crippen LogP contribution >= 0.6 is 36.0 Å². The number of benzene rings is 1. The smallest absolute Gasteiger partial charge is 0.113 e. The van der Waals surface area contributed by atoms with Crippen LogP contribution in [0.3, 0.4) is 0 Å². The van der Waals surface area contributed by atoms with Gasteiger partial charge in [-0.3, -0.25) is 3.89 Å². The summed E-state index contributed by atoms with van der Waals surface area (Å²) in [5.74, 6) is 0. The zero-order valence-electron chi connectivity index (χ0n) is 10.1. The molecular weight excluding hydrogens is 261 g/mol. The second-order valence-corrected chi connectivity index (χ2v) is 5.33. The van der Waals surface area contributed by atoms with E-state index in [4.69, 9.17) is 11.6 Å². The van der Waals surface area contributed by atoms with E-state index in [0.717, 1.165) is 28.5 Å². The number of rotatable bonds is 5. The van der Waals surface area contributed by atoms with Gasteiger partial charge in [-0.2, -0.15) is 0 Å². The van der Waals surface area contributed by atoms with Gasteiger partial charge in [0.15, 0.2) is 0 Å². The van der Waals surface area contributed by atoms with Crippen molar-refractivity contribution in [2.24, 2.45) is 0 Å². The maximum atomic E-state index is 6.17. The summed E-state index contributed by atoms with van der Waals surface area (Å²) in [7, 11) is 0. The molecule has 1 aromatic rings. The maximum absolute atomic E-state index is 6.17. The third kappa shape index (κ3) is 3.85. The molecule has 1 rings (SSSR count). The molecule has 0 aliphatic carbocycles. The Kier molecular flexibility index (Phi) is 7.49. The first-order chi connectivity index (χ1) is 7.17. The summed E-state index contributed by atoms with van der Waals surface area (Å²) in [6, 6.07) is 8.08. The van der Waals surface area contributed by atoms with Crippen molar-refractivity contribution >= 4 is 36.0 Å². The van der Waals surface area contributed by atoms with E-state index in [1.807, 2.05) is 30.1 Å². The van der Waals surface area contributed by atoms with Crippen molar-refractivity contribution in [3.05, 3.63) is 29.3 Å². The van der Waals surface area contributed by atoms with Crippen molar-refractivity contribution in [2.45, 2.75) is 25.7 Å². The van der Waals surface area contributed by atoms with Gasteiger partial charge in [0, 0.05) is 0 Å². The molecule has 0 bridgehead atoms. The molecule has 16 heavy (non-hydrogen) atoms. The zero-order valence-corrected chi connectivity index (χ0v) is 12.5. The van der Waals surface area contributed by atoms with Crippen molar-refractivity contribution < 1.29 is 3.89 Å². The third-order valence-electron chi connectivity index (χ3n) is 2.86. The van der Waals surface area contributed by atoms with Crippen LogP contribution in [0.4, 0.5) is 0 Å². The van der Waals surface area contributed by atoms with Crippen molar-refractivity contribution in [1.29, 1.82) is 0 Å². The van der Waals surface area contributed by atoms with Crippen LogP contribution in [0.2, 0.25) is 5.02 Å². The summed E-state index contributed by atoms with van der Waals surface area (Å²) in [5, 5.41) is 0.861. The highest BCUT2D eigenvalue weighted by molar-refractivity contribution is 7.94. The Morgan fingerprint density at radius 2 is 1.56 bits per heavy atom. The largest absolute Gasteiger partial charge is 0.258 e. The molecule has 0 radical (unpaired) electrons. The normalized spacial score (nSPS) is 11.0. The molecule has 92 valence electrons. The van der Waals surface area contributed by atoms with Gasteiger partial charge in [0.2, 0.25) is 0 Å². The van der Waals surface area contributed by atoms with E-state index in [1.54, 1.807) is 0 Å². The molecule has 0 fully saturated rings. The highest BCUT2D eigenvalue weighted by Gasteiger charge is 2.24. The molecule has 0 N–H and O–H groups in total. The van der Waals surface area contributed by atoms with E-state index in [1.165, 1.54) is 4.90 Å². The maximum Gasteiger partial charge on any atom is 0.113 e. The first-order valence-corrected chi connectivity index (χ1v) is 6.62. The molecule has 0 spiro atoms. The van der Waals surface area contributed by atoms with Crippen LogP contribution in [0.5, 0.6) is 0 Å². The number of nitrogens with zero attached hydrogens (tertiary/aromatic N) is 1. The molecule has 0 heterocycles. The fourth-order valence-electron chi connectivity index (χ4n) is 1.59. The second-order valence-electron chi connectivity index (χ2n) is 3.53. The van der Waals surface area contributed by atoms with E-state index in [-0.39, 0.29) is 12.4 Å². The van der Waals surface area contributed by atoms with Crippen LogP contribution in [0.1, 0.15) is 20.8 Å². The number of hydrogen-bond acceptors (Lipinski definition) is 1. The summed E-state index contributed by atoms with van der Waals surface area (Å²) in [5.41, 5.74) is 0. The Hall–Kier alpha value is 0.110. The minimum atomic E-state index is 0. The summed E-state index contributed by atoms with van der Waals surface area (Å²) in [6.07, 6.45) is 0. The number of quaternary nitrogens is 1. The van der Waals surface area contributed by atoms with Gasteiger partial charge in [-0.05, 0) is 32.9 Å². The molecule has 1 aromatic carbocycles. The lowest BCUT2D eigenvalue weighted by Gasteiger charge is -2.32. The van der Waals surface area contributed by atoms with E-state index in [0.29, 0.717) is 0 Å². The predicted molar refractivity (Wildman–Crippen MR) is 76.4 cm³/mol. The van der Waals surface area contributed by atoms with Gasteiger partial charge in [-0.1, -0.05) is 23.7 Å². The van der Waals surface area contributed by atoms with Crippen LogP contribution in [0, 0.1) is 0 Å². The van der Waals surface area contributed by atoms with Gasteiger partial charge in [0.05, 0.1) is 29.6 Å². The van der Waals surface area contributed by atoms with Crippen LogP contribution in [-0.2, 0) is 0 Å². The van der Waals surface area contributed by atoms with E-state index < -0.39 is 0 Å². The first-order valence-electron chi connectivity index (χ1n) is 5.47. The van der Waals surface area contributed by atoms with Crippen molar-refractivity contribution in [2.75, 3.05) is 19.6 Å². The molecule has 0 aliphatic rings. The third-order valence-corrected chi connectivity index (χ3v) is 5.01. The molecule has 4 heteroatoms. The minimum Gasteiger partial charge on any atom is -0.258 e. The highest BCUT2D eigenvalue weighted by atomic mass is 35.5. The molecule has 0 atom stereocenters. The molecule has 0 saturated carbocycles. The van der Waals surface area contributed by atoms with Gasteiger partial charge in [-0.25, -0.2) is 0 Å². The predicted octanol–water partition coefficient (Wildman–Crippen LogP) is 4.65. The first kappa shape index (κ1) is 16.1. The summed E-state index contributed by atoms with van der Waals surface area (Å²) in [6.45, 7) is 10.1. The average Bonchev–Trinajstić information content (AvgIpc) is 2.29. The van der Waals surface area contributed by atoms with Crippen LogP contribution in [-0.4, -0.2) is 23.5 Å². The molecular formula is C12H20Cl2NS+. The lowest BCUT2D eigenvalue weighted by atomic mass is 10.4. The van der Waals surface area contributed by atoms with E-state index in [9.17, 15) is 0 Å². The molecule has 0 saturated heterocycles. The summed E-state index contributed by atoms with van der Waals surface area (Å²) >= 11 is 8.04. The van der Waals surface area contributed by atoms with Crippen LogP contribution < -0.4 is 0 Å². The Morgan fingerprint density at radius 1 is 1.06 bits per heavy atom. The topological polar surface area (TPSA) is 0 Å². The summed E-state index contributed by atoms with van der Waals surface area (Å²) in [4.78, 5) is 1.18. The van der Waals surface area contributed by atoms with E-state index in [2.05, 4.69) is 26.8 Å². The molecule has 0 unspecified atom stereocenters. The standard InChI is InChI=1S/C12H19ClNS.ClH/c1-4-14(5-2,6-3)15-12-10-8-7-9-11(12)13;/h7-10H,4-6H2,1-3H3;1H/q+1;. The quantitative estimate of drug-likeness (QED) is 0.559. The van der Waals surface area contributed by atoms with Crippen molar-refractivity contribution in [3.8, 4) is 0 Å². The average molecular weight is 281 g/mol. The molecule has 0 aliphatic heterocycles. The van der Waals surface area contributed by atoms with Gasteiger partial charge < -0.3 is 0 Å². The Labute approximate surface area is 114 Å². The number of halogens is 2. The Morgan fingerprint density at radius 3 is 2.00 bits per heavy atom. The Balaban J connectivity index is 0.00000225. The van der Waals surface area contributed by atoms with Crippen molar-refractivity contribution in [1.82, 2.24) is 0 Å². The lowest BCUT2D eigenvalue weighted by Crippen LogP contribution is -2.40. The molecule has 0 aromatic heterocycles. The van der Waals surface area contributed by atoms with Crippen LogP contribution in [0.15, 0.2) is 29.2 Å². The molecule has 0 amide bonds. The van der Waals surface area contributed by atoms with Gasteiger partial charge in [-0.15, -0.1) is 12.4 Å². The SMILES string of the molecule is CC[N+](CC)(CC)Sc1ccccc1Cl.Cl. The zero-order chi connectivity index (χ0) is 11.3. The van der Waals surface area contributed by atoms with Crippen LogP contribution in [0.25, 0.3) is 0 Å². The van der Waals surface area contributed by atoms with Crippen molar-refractivity contribution in [3.63, 3.8) is 0 Å². The number of hydrogen-bond donors (Lipinski definition) is 0. The van der Waals surface area contributed by atoms with E-state index >= 15 is 0 Å². The molecule has 1 nitrogen and oxygen atoms in total. The fraction of sp³-hybridized carbons (Fsp3) is 0.500. The lowest BCUT2D eigenvalue weighted by molar-refractivity contribution is -0.789.